The summed E-state index contributed by atoms with van der Waals surface area (Å²) < 4.78 is 5.35. The molecule has 3 aromatic rings. The Morgan fingerprint density at radius 1 is 1.07 bits per heavy atom. The Labute approximate surface area is 161 Å². The zero-order chi connectivity index (χ0) is 20.1. The Morgan fingerprint density at radius 2 is 1.75 bits per heavy atom. The van der Waals surface area contributed by atoms with Crippen LogP contribution in [-0.2, 0) is 16.0 Å². The first-order valence-electron chi connectivity index (χ1n) is 8.86. The van der Waals surface area contributed by atoms with Crippen LogP contribution in [0.2, 0.25) is 0 Å². The number of amides is 2. The summed E-state index contributed by atoms with van der Waals surface area (Å²) in [6.07, 6.45) is 0.788. The van der Waals surface area contributed by atoms with Gasteiger partial charge in [0.15, 0.2) is 6.10 Å². The van der Waals surface area contributed by atoms with Crippen LogP contribution in [0.15, 0.2) is 60.8 Å². The number of ketones is 1. The van der Waals surface area contributed by atoms with Gasteiger partial charge in [0.25, 0.3) is 0 Å². The maximum absolute atomic E-state index is 12.7. The van der Waals surface area contributed by atoms with Gasteiger partial charge in [0.1, 0.15) is 6.04 Å². The van der Waals surface area contributed by atoms with E-state index in [1.165, 1.54) is 6.92 Å². The third-order valence-corrected chi connectivity index (χ3v) is 4.40. The zero-order valence-electron chi connectivity index (χ0n) is 15.3. The van der Waals surface area contributed by atoms with Gasteiger partial charge in [-0.25, -0.2) is 9.59 Å². The van der Waals surface area contributed by atoms with E-state index in [0.717, 1.165) is 16.5 Å². The number of ether oxygens (including phenoxy) is 1. The maximum Gasteiger partial charge on any atom is 0.329 e. The van der Waals surface area contributed by atoms with Crippen LogP contribution in [0, 0.1) is 0 Å². The number of aromatic amines is 1. The van der Waals surface area contributed by atoms with Gasteiger partial charge in [-0.15, -0.1) is 0 Å². The minimum Gasteiger partial charge on any atom is -0.453 e. The van der Waals surface area contributed by atoms with Crippen molar-refractivity contribution in [1.29, 1.82) is 0 Å². The highest BCUT2D eigenvalue weighted by molar-refractivity contribution is 6.10. The number of carbonyl (C=O) groups is 3. The van der Waals surface area contributed by atoms with Crippen molar-refractivity contribution in [3.63, 3.8) is 0 Å². The van der Waals surface area contributed by atoms with Crippen LogP contribution in [0.3, 0.4) is 0 Å². The van der Waals surface area contributed by atoms with Crippen molar-refractivity contribution in [3.8, 4) is 0 Å². The summed E-state index contributed by atoms with van der Waals surface area (Å²) >= 11 is 0. The number of urea groups is 1. The van der Waals surface area contributed by atoms with Crippen molar-refractivity contribution < 1.29 is 19.1 Å². The summed E-state index contributed by atoms with van der Waals surface area (Å²) in [5, 5.41) is 3.14. The highest BCUT2D eigenvalue weighted by Crippen LogP contribution is 2.20. The largest absolute Gasteiger partial charge is 0.453 e. The second kappa shape index (κ2) is 8.39. The van der Waals surface area contributed by atoms with E-state index in [9.17, 15) is 14.4 Å². The molecule has 0 unspecified atom stereocenters. The van der Waals surface area contributed by atoms with Gasteiger partial charge in [-0.2, -0.15) is 0 Å². The van der Waals surface area contributed by atoms with Crippen molar-refractivity contribution in [2.24, 2.45) is 5.73 Å². The van der Waals surface area contributed by atoms with Crippen LogP contribution in [0.25, 0.3) is 10.9 Å². The van der Waals surface area contributed by atoms with Crippen molar-refractivity contribution in [2.75, 3.05) is 0 Å². The minimum atomic E-state index is -1.01. The van der Waals surface area contributed by atoms with Gasteiger partial charge in [-0.3, -0.25) is 4.79 Å². The lowest BCUT2D eigenvalue weighted by Gasteiger charge is -2.19. The third-order valence-electron chi connectivity index (χ3n) is 4.40. The number of nitrogens with one attached hydrogen (secondary N) is 2. The molecule has 1 heterocycles. The van der Waals surface area contributed by atoms with E-state index in [1.807, 2.05) is 54.6 Å². The predicted octanol–water partition coefficient (Wildman–Crippen LogP) is 2.56. The molecule has 0 aliphatic carbocycles. The molecular weight excluding hydrogens is 358 g/mol. The number of esters is 1. The van der Waals surface area contributed by atoms with Crippen LogP contribution in [-0.4, -0.2) is 34.9 Å². The molecule has 2 atom stereocenters. The summed E-state index contributed by atoms with van der Waals surface area (Å²) in [6, 6.07) is 14.7. The summed E-state index contributed by atoms with van der Waals surface area (Å²) in [4.78, 5) is 39.6. The highest BCUT2D eigenvalue weighted by atomic mass is 16.5. The highest BCUT2D eigenvalue weighted by Gasteiger charge is 2.27. The number of hydrogen-bond donors (Lipinski definition) is 3. The predicted molar refractivity (Wildman–Crippen MR) is 105 cm³/mol. The van der Waals surface area contributed by atoms with E-state index in [0.29, 0.717) is 5.56 Å². The summed E-state index contributed by atoms with van der Waals surface area (Å²) in [7, 11) is 0. The Bertz CT molecular complexity index is 997. The van der Waals surface area contributed by atoms with Gasteiger partial charge in [0.2, 0.25) is 5.78 Å². The van der Waals surface area contributed by atoms with Gasteiger partial charge < -0.3 is 20.8 Å². The standard InChI is InChI=1S/C21H21N3O4/c1-13(19(25)16-12-23-17-10-6-5-9-15(16)17)28-20(26)18(24-21(22)27)11-14-7-3-2-4-8-14/h2-10,12-13,18,23H,11H2,1H3,(H3,22,24,27)/t13-,18+/m1/s1. The molecule has 7 heteroatoms. The molecule has 0 spiro atoms. The molecule has 28 heavy (non-hydrogen) atoms. The molecule has 0 aliphatic heterocycles. The van der Waals surface area contributed by atoms with Gasteiger partial charge >= 0.3 is 12.0 Å². The Balaban J connectivity index is 1.72. The number of fused-ring (bicyclic) bond motifs is 1. The maximum atomic E-state index is 12.7. The molecule has 0 saturated carbocycles. The second-order valence-corrected chi connectivity index (χ2v) is 6.44. The Kier molecular flexibility index (Phi) is 5.74. The fourth-order valence-electron chi connectivity index (χ4n) is 3.02. The number of rotatable bonds is 7. The van der Waals surface area contributed by atoms with Gasteiger partial charge in [0, 0.05) is 29.1 Å². The monoisotopic (exact) mass is 379 g/mol. The topological polar surface area (TPSA) is 114 Å². The molecule has 0 fully saturated rings. The second-order valence-electron chi connectivity index (χ2n) is 6.44. The molecular formula is C21H21N3O4. The van der Waals surface area contributed by atoms with Gasteiger partial charge in [-0.1, -0.05) is 48.5 Å². The number of aromatic nitrogens is 1. The first-order chi connectivity index (χ1) is 13.5. The number of H-pyrrole nitrogens is 1. The van der Waals surface area contributed by atoms with E-state index < -0.39 is 24.1 Å². The molecule has 3 rings (SSSR count). The first kappa shape index (κ1) is 19.2. The van der Waals surface area contributed by atoms with Crippen molar-refractivity contribution >= 4 is 28.7 Å². The minimum absolute atomic E-state index is 0.205. The number of carbonyl (C=O) groups excluding carboxylic acids is 3. The number of nitrogens with two attached hydrogens (primary N) is 1. The van der Waals surface area contributed by atoms with E-state index in [-0.39, 0.29) is 12.2 Å². The molecule has 2 aromatic carbocycles. The van der Waals surface area contributed by atoms with Crippen LogP contribution >= 0.6 is 0 Å². The number of hydrogen-bond acceptors (Lipinski definition) is 4. The normalized spacial score (nSPS) is 12.9. The molecule has 2 amide bonds. The quantitative estimate of drug-likeness (QED) is 0.432. The number of Topliss-reactive ketones (excluding diaryl/α,β-unsaturated/α-hetero) is 1. The van der Waals surface area contributed by atoms with Crippen LogP contribution in [0.5, 0.6) is 0 Å². The molecule has 0 aliphatic rings. The molecule has 0 radical (unpaired) electrons. The lowest BCUT2D eigenvalue weighted by molar-refractivity contribution is -0.148. The zero-order valence-corrected chi connectivity index (χ0v) is 15.3. The van der Waals surface area contributed by atoms with Crippen molar-refractivity contribution in [2.45, 2.75) is 25.5 Å². The van der Waals surface area contributed by atoms with Crippen molar-refractivity contribution in [1.82, 2.24) is 10.3 Å². The van der Waals surface area contributed by atoms with Crippen LogP contribution in [0.4, 0.5) is 4.79 Å². The number of primary amides is 1. The lowest BCUT2D eigenvalue weighted by atomic mass is 10.0. The lowest BCUT2D eigenvalue weighted by Crippen LogP contribution is -2.47. The number of benzene rings is 2. The van der Waals surface area contributed by atoms with Gasteiger partial charge in [-0.05, 0) is 18.6 Å². The molecule has 4 N–H and O–H groups in total. The molecule has 1 aromatic heterocycles. The summed E-state index contributed by atoms with van der Waals surface area (Å²) in [5.74, 6) is -1.05. The Hall–Kier alpha value is -3.61. The third kappa shape index (κ3) is 4.37. The molecule has 0 bridgehead atoms. The SMILES string of the molecule is C[C@@H](OC(=O)[C@H](Cc1ccccc1)NC(N)=O)C(=O)c1c[nH]c2ccccc12. The average molecular weight is 379 g/mol. The van der Waals surface area contributed by atoms with E-state index in [2.05, 4.69) is 10.3 Å². The molecule has 0 saturated heterocycles. The summed E-state index contributed by atoms with van der Waals surface area (Å²) in [6.45, 7) is 1.51. The Morgan fingerprint density at radius 3 is 2.46 bits per heavy atom. The first-order valence-corrected chi connectivity index (χ1v) is 8.86. The molecule has 144 valence electrons. The fourth-order valence-corrected chi connectivity index (χ4v) is 3.02. The fraction of sp³-hybridized carbons (Fsp3) is 0.190. The van der Waals surface area contributed by atoms with Crippen molar-refractivity contribution in [3.05, 3.63) is 71.9 Å². The number of para-hydroxylation sites is 1. The average Bonchev–Trinajstić information content (AvgIpc) is 3.11. The van der Waals surface area contributed by atoms with E-state index in [1.54, 1.807) is 6.20 Å². The van der Waals surface area contributed by atoms with E-state index >= 15 is 0 Å². The van der Waals surface area contributed by atoms with E-state index in [4.69, 9.17) is 10.5 Å². The summed E-state index contributed by atoms with van der Waals surface area (Å²) in [5.41, 5.74) is 7.28. The molecule has 7 nitrogen and oxygen atoms in total. The smallest absolute Gasteiger partial charge is 0.329 e. The van der Waals surface area contributed by atoms with Crippen LogP contribution in [0.1, 0.15) is 22.8 Å². The van der Waals surface area contributed by atoms with Gasteiger partial charge in [0.05, 0.1) is 0 Å². The van der Waals surface area contributed by atoms with Crippen LogP contribution < -0.4 is 11.1 Å².